The summed E-state index contributed by atoms with van der Waals surface area (Å²) in [5.41, 5.74) is 2.74. The highest BCUT2D eigenvalue weighted by Crippen LogP contribution is 2.34. The Hall–Kier alpha value is -3.38. The molecule has 4 rings (SSSR count). The van der Waals surface area contributed by atoms with E-state index >= 15 is 0 Å². The molecule has 3 aromatic carbocycles. The van der Waals surface area contributed by atoms with Crippen LogP contribution >= 0.6 is 0 Å². The van der Waals surface area contributed by atoms with Gasteiger partial charge in [0.05, 0.1) is 23.2 Å². The van der Waals surface area contributed by atoms with Crippen LogP contribution in [0.4, 0.5) is 0 Å². The lowest BCUT2D eigenvalue weighted by Crippen LogP contribution is -2.14. The molecule has 0 atom stereocenters. The lowest BCUT2D eigenvalue weighted by Gasteiger charge is -2.13. The lowest BCUT2D eigenvalue weighted by atomic mass is 10.1. The molecule has 0 bridgehead atoms. The van der Waals surface area contributed by atoms with E-state index in [9.17, 15) is 13.2 Å². The highest BCUT2D eigenvalue weighted by Gasteiger charge is 2.24. The Labute approximate surface area is 169 Å². The topological polar surface area (TPSA) is 65.4 Å². The van der Waals surface area contributed by atoms with E-state index in [1.165, 1.54) is 3.97 Å². The Kier molecular flexibility index (Phi) is 4.94. The monoisotopic (exact) mass is 405 g/mol. The van der Waals surface area contributed by atoms with Crippen molar-refractivity contribution < 1.29 is 17.9 Å². The van der Waals surface area contributed by atoms with Crippen molar-refractivity contribution in [1.29, 1.82) is 0 Å². The Bertz CT molecular complexity index is 1270. The van der Waals surface area contributed by atoms with E-state index in [4.69, 9.17) is 4.74 Å². The molecule has 6 heteroatoms. The number of ether oxygens (including phenoxy) is 1. The maximum Gasteiger partial charge on any atom is 0.268 e. The van der Waals surface area contributed by atoms with E-state index < -0.39 is 10.0 Å². The molecular formula is C23H19NO4S. The second-order valence-electron chi connectivity index (χ2n) is 6.60. The molecule has 0 aliphatic rings. The minimum atomic E-state index is -3.82. The molecule has 0 aliphatic heterocycles. The van der Waals surface area contributed by atoms with Crippen molar-refractivity contribution in [2.75, 3.05) is 7.11 Å². The lowest BCUT2D eigenvalue weighted by molar-refractivity contribution is -0.107. The molecule has 0 saturated heterocycles. The summed E-state index contributed by atoms with van der Waals surface area (Å²) in [5.74, 6) is 0.652. The molecule has 29 heavy (non-hydrogen) atoms. The summed E-state index contributed by atoms with van der Waals surface area (Å²) >= 11 is 0. The third-order valence-corrected chi connectivity index (χ3v) is 6.56. The molecule has 1 heterocycles. The van der Waals surface area contributed by atoms with Gasteiger partial charge in [0.15, 0.2) is 0 Å². The number of fused-ring (bicyclic) bond motifs is 1. The van der Waals surface area contributed by atoms with Gasteiger partial charge in [-0.2, -0.15) is 0 Å². The van der Waals surface area contributed by atoms with Gasteiger partial charge >= 0.3 is 0 Å². The van der Waals surface area contributed by atoms with Crippen molar-refractivity contribution in [3.05, 3.63) is 84.4 Å². The molecule has 4 aromatic rings. The van der Waals surface area contributed by atoms with Crippen molar-refractivity contribution in [3.63, 3.8) is 0 Å². The molecule has 0 fully saturated rings. The van der Waals surface area contributed by atoms with E-state index in [0.29, 0.717) is 23.4 Å². The number of carbonyl (C=O) groups excluding carboxylic acids is 1. The van der Waals surface area contributed by atoms with E-state index in [0.717, 1.165) is 22.8 Å². The normalized spacial score (nSPS) is 11.5. The Morgan fingerprint density at radius 2 is 1.66 bits per heavy atom. The summed E-state index contributed by atoms with van der Waals surface area (Å²) in [6, 6.07) is 22.9. The van der Waals surface area contributed by atoms with Crippen LogP contribution in [0.2, 0.25) is 0 Å². The molecule has 1 aromatic heterocycles. The summed E-state index contributed by atoms with van der Waals surface area (Å²) in [6.45, 7) is 0. The zero-order valence-electron chi connectivity index (χ0n) is 15.8. The molecule has 0 saturated carbocycles. The van der Waals surface area contributed by atoms with Crippen molar-refractivity contribution in [2.45, 2.75) is 11.3 Å². The van der Waals surface area contributed by atoms with Gasteiger partial charge in [-0.15, -0.1) is 0 Å². The van der Waals surface area contributed by atoms with Crippen LogP contribution in [-0.2, 0) is 21.2 Å². The molecule has 0 N–H and O–H groups in total. The van der Waals surface area contributed by atoms with Crippen molar-refractivity contribution >= 4 is 27.2 Å². The third-order valence-electron chi connectivity index (χ3n) is 4.81. The molecule has 0 radical (unpaired) electrons. The van der Waals surface area contributed by atoms with Gasteiger partial charge in [-0.3, -0.25) is 0 Å². The van der Waals surface area contributed by atoms with Gasteiger partial charge in [0.25, 0.3) is 10.0 Å². The molecule has 0 aliphatic carbocycles. The van der Waals surface area contributed by atoms with Crippen LogP contribution in [0.3, 0.4) is 0 Å². The van der Waals surface area contributed by atoms with Gasteiger partial charge in [-0.1, -0.05) is 42.5 Å². The summed E-state index contributed by atoms with van der Waals surface area (Å²) < 4.78 is 33.7. The number of benzene rings is 3. The number of aldehydes is 1. The van der Waals surface area contributed by atoms with Gasteiger partial charge in [-0.05, 0) is 47.5 Å². The first-order chi connectivity index (χ1) is 14.0. The van der Waals surface area contributed by atoms with Crippen LogP contribution in [0.5, 0.6) is 5.75 Å². The molecule has 0 amide bonds. The second kappa shape index (κ2) is 7.56. The van der Waals surface area contributed by atoms with Crippen LogP contribution in [0.1, 0.15) is 5.56 Å². The zero-order valence-corrected chi connectivity index (χ0v) is 16.6. The molecular weight excluding hydrogens is 386 g/mol. The SMILES string of the molecule is COc1ccc2c(c1)cc(-c1ccc(CC=O)cc1)n2S(=O)(=O)c1ccccc1. The first-order valence-corrected chi connectivity index (χ1v) is 10.5. The van der Waals surface area contributed by atoms with E-state index in [2.05, 4.69) is 0 Å². The third kappa shape index (κ3) is 3.43. The number of rotatable bonds is 6. The Morgan fingerprint density at radius 1 is 0.931 bits per heavy atom. The van der Waals surface area contributed by atoms with E-state index in [1.54, 1.807) is 49.6 Å². The van der Waals surface area contributed by atoms with E-state index in [1.807, 2.05) is 36.4 Å². The number of methoxy groups -OCH3 is 1. The summed E-state index contributed by atoms with van der Waals surface area (Å²) in [6.07, 6.45) is 1.17. The van der Waals surface area contributed by atoms with Gasteiger partial charge in [-0.25, -0.2) is 12.4 Å². The number of aromatic nitrogens is 1. The largest absolute Gasteiger partial charge is 0.497 e. The van der Waals surface area contributed by atoms with Gasteiger partial charge < -0.3 is 9.53 Å². The van der Waals surface area contributed by atoms with Crippen LogP contribution in [0, 0.1) is 0 Å². The maximum atomic E-state index is 13.5. The number of carbonyl (C=O) groups is 1. The minimum absolute atomic E-state index is 0.215. The maximum absolute atomic E-state index is 13.5. The molecule has 0 unspecified atom stereocenters. The summed E-state index contributed by atoms with van der Waals surface area (Å²) in [5, 5.41) is 0.760. The first kappa shape index (κ1) is 19.0. The second-order valence-corrected chi connectivity index (χ2v) is 8.39. The number of hydrogen-bond donors (Lipinski definition) is 0. The fraction of sp³-hybridized carbons (Fsp3) is 0.0870. The zero-order chi connectivity index (χ0) is 20.4. The molecule has 0 spiro atoms. The Balaban J connectivity index is 1.98. The highest BCUT2D eigenvalue weighted by atomic mass is 32.2. The summed E-state index contributed by atoms with van der Waals surface area (Å²) in [4.78, 5) is 11.0. The van der Waals surface area contributed by atoms with Gasteiger partial charge in [0.2, 0.25) is 0 Å². The van der Waals surface area contributed by atoms with Crippen LogP contribution in [0.25, 0.3) is 22.2 Å². The molecule has 146 valence electrons. The predicted molar refractivity (Wildman–Crippen MR) is 113 cm³/mol. The number of hydrogen-bond acceptors (Lipinski definition) is 4. The van der Waals surface area contributed by atoms with Gasteiger partial charge in [0.1, 0.15) is 12.0 Å². The highest BCUT2D eigenvalue weighted by molar-refractivity contribution is 7.90. The fourth-order valence-electron chi connectivity index (χ4n) is 3.36. The standard InChI is InChI=1S/C23H19NO4S/c1-28-20-11-12-22-19(15-20)16-23(18-9-7-17(8-10-18)13-14-25)24(22)29(26,27)21-5-3-2-4-6-21/h2-12,14-16H,13H2,1H3. The van der Waals surface area contributed by atoms with Crippen molar-refractivity contribution in [1.82, 2.24) is 3.97 Å². The fourth-order valence-corrected chi connectivity index (χ4v) is 4.92. The average molecular weight is 405 g/mol. The average Bonchev–Trinajstić information content (AvgIpc) is 3.14. The quantitative estimate of drug-likeness (QED) is 0.449. The Morgan fingerprint density at radius 3 is 2.31 bits per heavy atom. The minimum Gasteiger partial charge on any atom is -0.497 e. The van der Waals surface area contributed by atoms with Crippen molar-refractivity contribution in [2.24, 2.45) is 0 Å². The predicted octanol–water partition coefficient (Wildman–Crippen LogP) is 4.30. The molecule has 5 nitrogen and oxygen atoms in total. The smallest absolute Gasteiger partial charge is 0.268 e. The van der Waals surface area contributed by atoms with Gasteiger partial charge in [0, 0.05) is 11.8 Å². The summed E-state index contributed by atoms with van der Waals surface area (Å²) in [7, 11) is -2.25. The van der Waals surface area contributed by atoms with Crippen LogP contribution < -0.4 is 4.74 Å². The number of nitrogens with zero attached hydrogens (tertiary/aromatic N) is 1. The van der Waals surface area contributed by atoms with Crippen molar-refractivity contribution in [3.8, 4) is 17.0 Å². The van der Waals surface area contributed by atoms with Crippen LogP contribution in [0.15, 0.2) is 83.8 Å². The van der Waals surface area contributed by atoms with Crippen LogP contribution in [-0.4, -0.2) is 25.8 Å². The first-order valence-electron chi connectivity index (χ1n) is 9.07. The van der Waals surface area contributed by atoms with E-state index in [-0.39, 0.29) is 4.90 Å².